The largest absolute Gasteiger partial charge is 0.440 e. The first-order valence-electron chi connectivity index (χ1n) is 7.21. The number of hydrogen-bond acceptors (Lipinski definition) is 6. The van der Waals surface area contributed by atoms with E-state index in [4.69, 9.17) is 4.42 Å². The molecule has 3 heterocycles. The molecule has 6 heteroatoms. The minimum Gasteiger partial charge on any atom is -0.440 e. The van der Waals surface area contributed by atoms with Crippen molar-refractivity contribution < 1.29 is 4.42 Å². The highest BCUT2D eigenvalue weighted by molar-refractivity contribution is 7.13. The average Bonchev–Trinajstić information content (AvgIpc) is 3.19. The van der Waals surface area contributed by atoms with Crippen LogP contribution in [-0.2, 0) is 13.0 Å². The molecular formula is C16H19N3OS2. The number of oxazole rings is 1. The van der Waals surface area contributed by atoms with Crippen LogP contribution in [0.25, 0.3) is 10.8 Å². The number of nitrogens with zero attached hydrogens (tertiary/aromatic N) is 3. The molecule has 0 N–H and O–H groups in total. The molecule has 0 fully saturated rings. The van der Waals surface area contributed by atoms with E-state index in [9.17, 15) is 0 Å². The van der Waals surface area contributed by atoms with Gasteiger partial charge >= 0.3 is 0 Å². The van der Waals surface area contributed by atoms with Gasteiger partial charge in [0.15, 0.2) is 0 Å². The maximum Gasteiger partial charge on any atom is 0.236 e. The first kappa shape index (κ1) is 15.4. The van der Waals surface area contributed by atoms with E-state index < -0.39 is 0 Å². The fraction of sp³-hybridized carbons (Fsp3) is 0.375. The van der Waals surface area contributed by atoms with Gasteiger partial charge in [-0.3, -0.25) is 0 Å². The molecule has 4 nitrogen and oxygen atoms in total. The molecule has 0 aliphatic heterocycles. The molecule has 0 aliphatic rings. The van der Waals surface area contributed by atoms with Gasteiger partial charge in [-0.2, -0.15) is 0 Å². The van der Waals surface area contributed by atoms with Crippen molar-refractivity contribution in [1.29, 1.82) is 0 Å². The Morgan fingerprint density at radius 2 is 2.14 bits per heavy atom. The zero-order valence-corrected chi connectivity index (χ0v) is 14.6. The minimum absolute atomic E-state index is 0.731. The van der Waals surface area contributed by atoms with Crippen LogP contribution in [0.15, 0.2) is 27.4 Å². The van der Waals surface area contributed by atoms with Crippen molar-refractivity contribution in [3.8, 4) is 10.8 Å². The Morgan fingerprint density at radius 3 is 2.82 bits per heavy atom. The van der Waals surface area contributed by atoms with E-state index in [0.717, 1.165) is 47.4 Å². The lowest BCUT2D eigenvalue weighted by molar-refractivity contribution is 0.326. The van der Waals surface area contributed by atoms with E-state index in [2.05, 4.69) is 28.8 Å². The van der Waals surface area contributed by atoms with Crippen LogP contribution in [0.4, 0.5) is 0 Å². The number of rotatable bonds is 6. The van der Waals surface area contributed by atoms with Crippen molar-refractivity contribution in [2.24, 2.45) is 0 Å². The molecule has 3 aromatic heterocycles. The highest BCUT2D eigenvalue weighted by Gasteiger charge is 2.14. The molecule has 0 atom stereocenters. The number of hydrogen-bond donors (Lipinski definition) is 0. The first-order chi connectivity index (χ1) is 10.6. The Morgan fingerprint density at radius 1 is 1.27 bits per heavy atom. The van der Waals surface area contributed by atoms with Gasteiger partial charge in [0.2, 0.25) is 5.89 Å². The number of aryl methyl sites for hydroxylation is 2. The van der Waals surface area contributed by atoms with Crippen molar-refractivity contribution in [1.82, 2.24) is 14.9 Å². The third-order valence-corrected chi connectivity index (χ3v) is 5.46. The van der Waals surface area contributed by atoms with Gasteiger partial charge in [0.05, 0.1) is 21.8 Å². The van der Waals surface area contributed by atoms with Crippen LogP contribution in [0.2, 0.25) is 0 Å². The van der Waals surface area contributed by atoms with Crippen molar-refractivity contribution in [3.05, 3.63) is 45.0 Å². The topological polar surface area (TPSA) is 42.2 Å². The molecule has 3 rings (SSSR count). The SMILES string of the molecule is Cc1ncsc1CCN(C)Cc1nc(-c2cccs2)oc1C. The van der Waals surface area contributed by atoms with Crippen LogP contribution in [0, 0.1) is 13.8 Å². The second-order valence-corrected chi connectivity index (χ2v) is 7.23. The van der Waals surface area contributed by atoms with Gasteiger partial charge in [0.1, 0.15) is 5.76 Å². The summed E-state index contributed by atoms with van der Waals surface area (Å²) < 4.78 is 5.79. The Kier molecular flexibility index (Phi) is 4.71. The Balaban J connectivity index is 1.62. The normalized spacial score (nSPS) is 11.5. The average molecular weight is 333 g/mol. The summed E-state index contributed by atoms with van der Waals surface area (Å²) in [6, 6.07) is 4.05. The molecule has 0 aromatic carbocycles. The molecular weight excluding hydrogens is 314 g/mol. The lowest BCUT2D eigenvalue weighted by Crippen LogP contribution is -2.21. The summed E-state index contributed by atoms with van der Waals surface area (Å²) >= 11 is 3.38. The van der Waals surface area contributed by atoms with E-state index in [0.29, 0.717) is 0 Å². The summed E-state index contributed by atoms with van der Waals surface area (Å²) in [5.41, 5.74) is 4.09. The Labute approximate surface area is 138 Å². The molecule has 3 aromatic rings. The monoisotopic (exact) mass is 333 g/mol. The van der Waals surface area contributed by atoms with Crippen molar-refractivity contribution in [2.45, 2.75) is 26.8 Å². The van der Waals surface area contributed by atoms with Crippen molar-refractivity contribution >= 4 is 22.7 Å². The summed E-state index contributed by atoms with van der Waals surface area (Å²) in [5.74, 6) is 1.64. The fourth-order valence-corrected chi connectivity index (χ4v) is 3.69. The molecule has 0 radical (unpaired) electrons. The number of aromatic nitrogens is 2. The van der Waals surface area contributed by atoms with Crippen LogP contribution in [0.5, 0.6) is 0 Å². The van der Waals surface area contributed by atoms with Gasteiger partial charge in [-0.15, -0.1) is 22.7 Å². The maximum atomic E-state index is 5.79. The molecule has 22 heavy (non-hydrogen) atoms. The molecule has 0 saturated carbocycles. The van der Waals surface area contributed by atoms with Gasteiger partial charge in [0, 0.05) is 18.0 Å². The van der Waals surface area contributed by atoms with Crippen LogP contribution >= 0.6 is 22.7 Å². The lowest BCUT2D eigenvalue weighted by Gasteiger charge is -2.14. The molecule has 0 saturated heterocycles. The number of likely N-dealkylation sites (N-methyl/N-ethyl adjacent to an activating group) is 1. The molecule has 0 spiro atoms. The Hall–Kier alpha value is -1.50. The third-order valence-electron chi connectivity index (χ3n) is 3.61. The van der Waals surface area contributed by atoms with Gasteiger partial charge < -0.3 is 9.32 Å². The van der Waals surface area contributed by atoms with Gasteiger partial charge in [-0.1, -0.05) is 6.07 Å². The van der Waals surface area contributed by atoms with E-state index in [1.54, 1.807) is 22.7 Å². The molecule has 0 bridgehead atoms. The maximum absolute atomic E-state index is 5.79. The molecule has 0 unspecified atom stereocenters. The summed E-state index contributed by atoms with van der Waals surface area (Å²) in [5, 5.41) is 2.04. The Bertz CT molecular complexity index is 731. The third kappa shape index (κ3) is 3.45. The second kappa shape index (κ2) is 6.73. The van der Waals surface area contributed by atoms with E-state index in [-0.39, 0.29) is 0 Å². The predicted octanol–water partition coefficient (Wildman–Crippen LogP) is 4.15. The van der Waals surface area contributed by atoms with E-state index in [1.807, 2.05) is 29.9 Å². The second-order valence-electron chi connectivity index (χ2n) is 5.35. The smallest absolute Gasteiger partial charge is 0.236 e. The van der Waals surface area contributed by atoms with Crippen LogP contribution in [0.3, 0.4) is 0 Å². The lowest BCUT2D eigenvalue weighted by atomic mass is 10.2. The standard InChI is InChI=1S/C16H19N3OS2/c1-11-14(22-10-17-11)6-7-19(3)9-13-12(2)20-16(18-13)15-5-4-8-21-15/h4-5,8,10H,6-7,9H2,1-3H3. The van der Waals surface area contributed by atoms with E-state index >= 15 is 0 Å². The van der Waals surface area contributed by atoms with Crippen LogP contribution < -0.4 is 0 Å². The summed E-state index contributed by atoms with van der Waals surface area (Å²) in [4.78, 5) is 13.7. The minimum atomic E-state index is 0.731. The van der Waals surface area contributed by atoms with Crippen LogP contribution in [0.1, 0.15) is 22.0 Å². The van der Waals surface area contributed by atoms with Crippen LogP contribution in [-0.4, -0.2) is 28.5 Å². The van der Waals surface area contributed by atoms with E-state index in [1.165, 1.54) is 4.88 Å². The number of thiazole rings is 1. The molecule has 0 aliphatic carbocycles. The van der Waals surface area contributed by atoms with Gasteiger partial charge in [-0.05, 0) is 38.8 Å². The highest BCUT2D eigenvalue weighted by Crippen LogP contribution is 2.26. The predicted molar refractivity (Wildman–Crippen MR) is 91.4 cm³/mol. The number of thiophene rings is 1. The highest BCUT2D eigenvalue weighted by atomic mass is 32.1. The first-order valence-corrected chi connectivity index (χ1v) is 8.97. The quantitative estimate of drug-likeness (QED) is 0.679. The van der Waals surface area contributed by atoms with Gasteiger partial charge in [-0.25, -0.2) is 9.97 Å². The summed E-state index contributed by atoms with van der Waals surface area (Å²) in [7, 11) is 2.12. The summed E-state index contributed by atoms with van der Waals surface area (Å²) in [6.07, 6.45) is 1.03. The zero-order chi connectivity index (χ0) is 15.5. The van der Waals surface area contributed by atoms with Crippen molar-refractivity contribution in [3.63, 3.8) is 0 Å². The molecule has 0 amide bonds. The van der Waals surface area contributed by atoms with Crippen molar-refractivity contribution in [2.75, 3.05) is 13.6 Å². The summed E-state index contributed by atoms with van der Waals surface area (Å²) in [6.45, 7) is 5.85. The van der Waals surface area contributed by atoms with Gasteiger partial charge in [0.25, 0.3) is 0 Å². The fourth-order valence-electron chi connectivity index (χ4n) is 2.27. The zero-order valence-electron chi connectivity index (χ0n) is 13.0. The molecule has 116 valence electrons.